The molecule has 1 heterocycles. The summed E-state index contributed by atoms with van der Waals surface area (Å²) in [4.78, 5) is 4.54. The van der Waals surface area contributed by atoms with Crippen molar-refractivity contribution in [2.24, 2.45) is 4.99 Å². The van der Waals surface area contributed by atoms with Crippen LogP contribution in [0.15, 0.2) is 27.7 Å². The molecule has 1 rings (SSSR count). The molecule has 0 radical (unpaired) electrons. The number of rotatable bonds is 9. The first-order valence-electron chi connectivity index (χ1n) is 8.33. The molecule has 1 aromatic heterocycles. The Morgan fingerprint density at radius 2 is 2.04 bits per heavy atom. The molecule has 0 saturated heterocycles. The molecule has 0 amide bonds. The van der Waals surface area contributed by atoms with Crippen molar-refractivity contribution in [1.82, 2.24) is 15.8 Å². The zero-order valence-corrected chi connectivity index (χ0v) is 17.1. The molecule has 132 valence electrons. The van der Waals surface area contributed by atoms with Crippen LogP contribution in [0.3, 0.4) is 0 Å². The summed E-state index contributed by atoms with van der Waals surface area (Å²) >= 11 is 0. The average molecular weight is 434 g/mol. The molecule has 1 aromatic rings. The first-order valence-corrected chi connectivity index (χ1v) is 8.33. The standard InChI is InChI=1S/C17H30N4O.HI/c1-5-9-10-11-19-17(18-8-4)20-13-15-12-16(21-22-15)14(6-2)7-3;/h5,9,12,14H,6-8,10-11,13H2,1-4H3,(H2,18,19,20);1H/b9-5+;. The Hall–Kier alpha value is -1.05. The fourth-order valence-electron chi connectivity index (χ4n) is 2.24. The molecule has 2 N–H and O–H groups in total. The summed E-state index contributed by atoms with van der Waals surface area (Å²) in [7, 11) is 0. The molecule has 0 saturated carbocycles. The smallest absolute Gasteiger partial charge is 0.191 e. The van der Waals surface area contributed by atoms with Gasteiger partial charge in [-0.1, -0.05) is 31.2 Å². The van der Waals surface area contributed by atoms with Crippen molar-refractivity contribution in [2.45, 2.75) is 59.4 Å². The van der Waals surface area contributed by atoms with Crippen molar-refractivity contribution in [3.63, 3.8) is 0 Å². The molecular formula is C17H31IN4O. The predicted octanol–water partition coefficient (Wildman–Crippen LogP) is 4.22. The molecule has 0 aromatic carbocycles. The van der Waals surface area contributed by atoms with Crippen molar-refractivity contribution in [1.29, 1.82) is 0 Å². The number of nitrogens with one attached hydrogen (secondary N) is 2. The summed E-state index contributed by atoms with van der Waals surface area (Å²) in [6, 6.07) is 2.03. The molecule has 5 nitrogen and oxygen atoms in total. The molecule has 6 heteroatoms. The van der Waals surface area contributed by atoms with Crippen molar-refractivity contribution in [3.8, 4) is 0 Å². The number of hydrogen-bond donors (Lipinski definition) is 2. The van der Waals surface area contributed by atoms with Gasteiger partial charge in [0.2, 0.25) is 0 Å². The van der Waals surface area contributed by atoms with E-state index in [-0.39, 0.29) is 24.0 Å². The normalized spacial score (nSPS) is 11.8. The second-order valence-electron chi connectivity index (χ2n) is 5.21. The second kappa shape index (κ2) is 13.4. The quantitative estimate of drug-likeness (QED) is 0.201. The Labute approximate surface area is 157 Å². The van der Waals surface area contributed by atoms with Crippen LogP contribution in [0.5, 0.6) is 0 Å². The van der Waals surface area contributed by atoms with Gasteiger partial charge in [0.25, 0.3) is 0 Å². The summed E-state index contributed by atoms with van der Waals surface area (Å²) in [5.41, 5.74) is 1.04. The van der Waals surface area contributed by atoms with E-state index in [0.717, 1.165) is 49.8 Å². The van der Waals surface area contributed by atoms with Crippen LogP contribution in [0, 0.1) is 0 Å². The van der Waals surface area contributed by atoms with Gasteiger partial charge in [-0.15, -0.1) is 24.0 Å². The number of allylic oxidation sites excluding steroid dienone is 1. The van der Waals surface area contributed by atoms with Gasteiger partial charge in [0.1, 0.15) is 6.54 Å². The zero-order chi connectivity index (χ0) is 16.2. The maximum atomic E-state index is 5.40. The Morgan fingerprint density at radius 1 is 1.30 bits per heavy atom. The minimum Gasteiger partial charge on any atom is -0.359 e. The van der Waals surface area contributed by atoms with Gasteiger partial charge >= 0.3 is 0 Å². The van der Waals surface area contributed by atoms with E-state index in [2.05, 4.69) is 53.7 Å². The Balaban J connectivity index is 0.00000484. The van der Waals surface area contributed by atoms with Crippen molar-refractivity contribution < 1.29 is 4.52 Å². The van der Waals surface area contributed by atoms with Gasteiger partial charge < -0.3 is 15.2 Å². The summed E-state index contributed by atoms with van der Waals surface area (Å²) in [6.07, 6.45) is 7.35. The highest BCUT2D eigenvalue weighted by atomic mass is 127. The molecule has 0 unspecified atom stereocenters. The van der Waals surface area contributed by atoms with Crippen LogP contribution in [0.1, 0.15) is 64.3 Å². The second-order valence-corrected chi connectivity index (χ2v) is 5.21. The van der Waals surface area contributed by atoms with Crippen LogP contribution in [-0.4, -0.2) is 24.2 Å². The largest absolute Gasteiger partial charge is 0.359 e. The fraction of sp³-hybridized carbons (Fsp3) is 0.647. The van der Waals surface area contributed by atoms with E-state index in [1.807, 2.05) is 13.0 Å². The predicted molar refractivity (Wildman–Crippen MR) is 107 cm³/mol. The van der Waals surface area contributed by atoms with Crippen LogP contribution in [-0.2, 0) is 6.54 Å². The highest BCUT2D eigenvalue weighted by molar-refractivity contribution is 14.0. The minimum atomic E-state index is 0. The monoisotopic (exact) mass is 434 g/mol. The third kappa shape index (κ3) is 8.39. The van der Waals surface area contributed by atoms with E-state index in [1.165, 1.54) is 0 Å². The van der Waals surface area contributed by atoms with Crippen LogP contribution < -0.4 is 10.6 Å². The fourth-order valence-corrected chi connectivity index (χ4v) is 2.24. The molecule has 23 heavy (non-hydrogen) atoms. The van der Waals surface area contributed by atoms with Crippen LogP contribution in [0.4, 0.5) is 0 Å². The van der Waals surface area contributed by atoms with Gasteiger partial charge in [-0.3, -0.25) is 0 Å². The number of halogens is 1. The molecular weight excluding hydrogens is 403 g/mol. The maximum absolute atomic E-state index is 5.40. The summed E-state index contributed by atoms with van der Waals surface area (Å²) in [5, 5.41) is 10.7. The van der Waals surface area contributed by atoms with Crippen molar-refractivity contribution in [2.75, 3.05) is 13.1 Å². The third-order valence-electron chi connectivity index (χ3n) is 3.56. The molecule has 0 fully saturated rings. The van der Waals surface area contributed by atoms with Crippen molar-refractivity contribution in [3.05, 3.63) is 29.7 Å². The van der Waals surface area contributed by atoms with E-state index >= 15 is 0 Å². The summed E-state index contributed by atoms with van der Waals surface area (Å²) in [5.74, 6) is 2.11. The molecule has 0 bridgehead atoms. The summed E-state index contributed by atoms with van der Waals surface area (Å²) < 4.78 is 5.40. The van der Waals surface area contributed by atoms with Gasteiger partial charge in [0.05, 0.1) is 5.69 Å². The molecule has 0 aliphatic carbocycles. The minimum absolute atomic E-state index is 0. The lowest BCUT2D eigenvalue weighted by atomic mass is 9.99. The Kier molecular flexibility index (Phi) is 12.8. The molecule has 0 aliphatic rings. The molecule has 0 aliphatic heterocycles. The van der Waals surface area contributed by atoms with E-state index < -0.39 is 0 Å². The Bertz CT molecular complexity index is 467. The number of guanidine groups is 1. The number of hydrogen-bond acceptors (Lipinski definition) is 3. The van der Waals surface area contributed by atoms with Crippen LogP contribution in [0.25, 0.3) is 0 Å². The highest BCUT2D eigenvalue weighted by Gasteiger charge is 2.12. The van der Waals surface area contributed by atoms with Crippen LogP contribution >= 0.6 is 24.0 Å². The van der Waals surface area contributed by atoms with E-state index in [4.69, 9.17) is 4.52 Å². The SMILES string of the molecule is C/C=C/CCNC(=NCc1cc(C(CC)CC)no1)NCC.I. The Morgan fingerprint density at radius 3 is 2.65 bits per heavy atom. The number of aromatic nitrogens is 1. The van der Waals surface area contributed by atoms with Gasteiger partial charge in [0.15, 0.2) is 11.7 Å². The van der Waals surface area contributed by atoms with E-state index in [9.17, 15) is 0 Å². The first-order chi connectivity index (χ1) is 10.7. The average Bonchev–Trinajstić information content (AvgIpc) is 2.99. The summed E-state index contributed by atoms with van der Waals surface area (Å²) in [6.45, 7) is 10.7. The number of aliphatic imine (C=N–C) groups is 1. The van der Waals surface area contributed by atoms with E-state index in [0.29, 0.717) is 12.5 Å². The lowest BCUT2D eigenvalue weighted by Crippen LogP contribution is -2.37. The first kappa shape index (κ1) is 21.9. The topological polar surface area (TPSA) is 62.5 Å². The third-order valence-corrected chi connectivity index (χ3v) is 3.56. The maximum Gasteiger partial charge on any atom is 0.191 e. The lowest BCUT2D eigenvalue weighted by Gasteiger charge is -2.09. The molecule has 0 spiro atoms. The molecule has 0 atom stereocenters. The van der Waals surface area contributed by atoms with Gasteiger partial charge in [0, 0.05) is 25.1 Å². The van der Waals surface area contributed by atoms with Gasteiger partial charge in [-0.05, 0) is 33.1 Å². The lowest BCUT2D eigenvalue weighted by molar-refractivity contribution is 0.372. The van der Waals surface area contributed by atoms with E-state index in [1.54, 1.807) is 0 Å². The van der Waals surface area contributed by atoms with Gasteiger partial charge in [-0.25, -0.2) is 4.99 Å². The zero-order valence-electron chi connectivity index (χ0n) is 14.8. The number of nitrogens with zero attached hydrogens (tertiary/aromatic N) is 2. The van der Waals surface area contributed by atoms with Gasteiger partial charge in [-0.2, -0.15) is 0 Å². The van der Waals surface area contributed by atoms with Crippen molar-refractivity contribution >= 4 is 29.9 Å². The highest BCUT2D eigenvalue weighted by Crippen LogP contribution is 2.22. The van der Waals surface area contributed by atoms with Crippen LogP contribution in [0.2, 0.25) is 0 Å².